The van der Waals surface area contributed by atoms with Crippen molar-refractivity contribution in [3.05, 3.63) is 35.1 Å². The van der Waals surface area contributed by atoms with Gasteiger partial charge >= 0.3 is 6.03 Å². The maximum atomic E-state index is 13.8. The number of nitrogens with zero attached hydrogens (tertiary/aromatic N) is 6. The lowest BCUT2D eigenvalue weighted by Crippen LogP contribution is -2.53. The maximum absolute atomic E-state index is 13.8. The number of carbonyl (C=O) groups is 2. The third kappa shape index (κ3) is 4.49. The molecule has 2 fully saturated rings. The van der Waals surface area contributed by atoms with Crippen molar-refractivity contribution in [1.82, 2.24) is 35.3 Å². The van der Waals surface area contributed by atoms with Crippen molar-refractivity contribution >= 4 is 23.5 Å². The number of carbonyl (C=O) groups excluding carboxylic acids is 2. The number of benzene rings is 1. The molecule has 2 aromatic rings. The fourth-order valence-electron chi connectivity index (χ4n) is 4.84. The Morgan fingerprint density at radius 2 is 2.12 bits per heavy atom. The van der Waals surface area contributed by atoms with E-state index in [2.05, 4.69) is 34.7 Å². The molecule has 0 saturated carbocycles. The van der Waals surface area contributed by atoms with Gasteiger partial charge in [-0.25, -0.2) is 9.48 Å². The highest BCUT2D eigenvalue weighted by Gasteiger charge is 2.41. The number of amides is 3. The number of hydrogen-bond donors (Lipinski definition) is 1. The molecule has 3 atom stereocenters. The van der Waals surface area contributed by atoms with E-state index < -0.39 is 0 Å². The molecule has 0 spiro atoms. The minimum absolute atomic E-state index is 0.0969. The lowest BCUT2D eigenvalue weighted by atomic mass is 9.88. The highest BCUT2D eigenvalue weighted by molar-refractivity contribution is 6.30. The van der Waals surface area contributed by atoms with E-state index in [0.717, 1.165) is 25.8 Å². The van der Waals surface area contributed by atoms with Crippen LogP contribution in [0.1, 0.15) is 45.6 Å². The van der Waals surface area contributed by atoms with E-state index >= 15 is 0 Å². The Bertz CT molecular complexity index is 965. The van der Waals surface area contributed by atoms with Crippen LogP contribution in [0.25, 0.3) is 5.69 Å². The number of imide groups is 1. The Morgan fingerprint density at radius 1 is 1.31 bits per heavy atom. The minimum atomic E-state index is -0.382. The van der Waals surface area contributed by atoms with E-state index in [1.54, 1.807) is 23.1 Å². The Labute approximate surface area is 193 Å². The highest BCUT2D eigenvalue weighted by Crippen LogP contribution is 2.29. The summed E-state index contributed by atoms with van der Waals surface area (Å²) in [6.07, 6.45) is 4.29. The van der Waals surface area contributed by atoms with Gasteiger partial charge in [0.15, 0.2) is 0 Å². The van der Waals surface area contributed by atoms with Gasteiger partial charge in [0.2, 0.25) is 5.91 Å². The van der Waals surface area contributed by atoms with Gasteiger partial charge in [0.1, 0.15) is 6.33 Å². The van der Waals surface area contributed by atoms with Crippen molar-refractivity contribution in [3.8, 4) is 5.69 Å². The first kappa shape index (κ1) is 22.7. The molecule has 172 valence electrons. The standard InChI is InChI=1S/C22H30ClN7O2/c1-14(2)18-8-9-24-20(18)21(31)29(22(32)28-10-4-5-15(28)3)12-16-11-17(23)6-7-19(16)30-13-25-26-27-30/h6-7,11,13-15,18,20,24H,4-5,8-10,12H2,1-3H3/t15-,18?,20+/m1/s1. The van der Waals surface area contributed by atoms with Gasteiger partial charge in [0, 0.05) is 17.6 Å². The summed E-state index contributed by atoms with van der Waals surface area (Å²) in [5.41, 5.74) is 1.39. The lowest BCUT2D eigenvalue weighted by Gasteiger charge is -2.33. The van der Waals surface area contributed by atoms with E-state index in [0.29, 0.717) is 28.7 Å². The van der Waals surface area contributed by atoms with E-state index in [4.69, 9.17) is 11.6 Å². The predicted octanol–water partition coefficient (Wildman–Crippen LogP) is 2.88. The van der Waals surface area contributed by atoms with E-state index in [1.165, 1.54) is 15.9 Å². The summed E-state index contributed by atoms with van der Waals surface area (Å²) in [5, 5.41) is 15.3. The van der Waals surface area contributed by atoms with Gasteiger partial charge in [-0.2, -0.15) is 0 Å². The number of hydrogen-bond acceptors (Lipinski definition) is 6. The van der Waals surface area contributed by atoms with Crippen LogP contribution >= 0.6 is 11.6 Å². The SMILES string of the molecule is CC(C)C1CCN[C@@H]1C(=O)N(Cc1cc(Cl)ccc1-n1cnnn1)C(=O)N1CCC[C@H]1C. The summed E-state index contributed by atoms with van der Waals surface area (Å²) in [7, 11) is 0. The first-order chi connectivity index (χ1) is 15.4. The number of urea groups is 1. The average Bonchev–Trinajstić information content (AvgIpc) is 3.52. The van der Waals surface area contributed by atoms with Gasteiger partial charge in [-0.3, -0.25) is 9.69 Å². The zero-order valence-electron chi connectivity index (χ0n) is 18.7. The van der Waals surface area contributed by atoms with Gasteiger partial charge in [-0.15, -0.1) is 5.10 Å². The Morgan fingerprint density at radius 3 is 2.78 bits per heavy atom. The molecule has 1 aromatic heterocycles. The first-order valence-corrected chi connectivity index (χ1v) is 11.6. The van der Waals surface area contributed by atoms with Crippen LogP contribution in [0.4, 0.5) is 4.79 Å². The molecule has 2 aliphatic rings. The maximum Gasteiger partial charge on any atom is 0.327 e. The molecule has 2 saturated heterocycles. The third-order valence-electron chi connectivity index (χ3n) is 6.65. The second-order valence-electron chi connectivity index (χ2n) is 9.05. The molecule has 2 aliphatic heterocycles. The topological polar surface area (TPSA) is 96.2 Å². The molecule has 0 aliphatic carbocycles. The van der Waals surface area contributed by atoms with Gasteiger partial charge in [0.05, 0.1) is 18.3 Å². The highest BCUT2D eigenvalue weighted by atomic mass is 35.5. The number of likely N-dealkylation sites (tertiary alicyclic amines) is 1. The van der Waals surface area contributed by atoms with Crippen molar-refractivity contribution in [2.24, 2.45) is 11.8 Å². The lowest BCUT2D eigenvalue weighted by molar-refractivity contribution is -0.132. The van der Waals surface area contributed by atoms with Crippen molar-refractivity contribution < 1.29 is 9.59 Å². The molecule has 1 aromatic carbocycles. The fraction of sp³-hybridized carbons (Fsp3) is 0.591. The largest absolute Gasteiger partial charge is 0.327 e. The molecule has 32 heavy (non-hydrogen) atoms. The van der Waals surface area contributed by atoms with Gasteiger partial charge < -0.3 is 10.2 Å². The summed E-state index contributed by atoms with van der Waals surface area (Å²) in [4.78, 5) is 30.6. The zero-order valence-corrected chi connectivity index (χ0v) is 19.5. The number of halogens is 1. The van der Waals surface area contributed by atoms with Gasteiger partial charge in [0.25, 0.3) is 0 Å². The van der Waals surface area contributed by atoms with Crippen LogP contribution in [-0.2, 0) is 11.3 Å². The van der Waals surface area contributed by atoms with Crippen LogP contribution in [0.3, 0.4) is 0 Å². The van der Waals surface area contributed by atoms with E-state index in [1.807, 2.05) is 6.92 Å². The van der Waals surface area contributed by atoms with Crippen LogP contribution in [-0.4, -0.2) is 67.1 Å². The van der Waals surface area contributed by atoms with Gasteiger partial charge in [-0.1, -0.05) is 25.4 Å². The molecule has 9 nitrogen and oxygen atoms in total. The Hall–Kier alpha value is -2.52. The van der Waals surface area contributed by atoms with Crippen LogP contribution in [0.5, 0.6) is 0 Å². The second kappa shape index (κ2) is 9.54. The zero-order chi connectivity index (χ0) is 22.8. The number of tetrazole rings is 1. The summed E-state index contributed by atoms with van der Waals surface area (Å²) in [6.45, 7) is 7.81. The molecule has 10 heteroatoms. The summed E-state index contributed by atoms with van der Waals surface area (Å²) < 4.78 is 1.52. The van der Waals surface area contributed by atoms with Crippen molar-refractivity contribution in [2.45, 2.75) is 58.7 Å². The van der Waals surface area contributed by atoms with Crippen molar-refractivity contribution in [3.63, 3.8) is 0 Å². The third-order valence-corrected chi connectivity index (χ3v) is 6.89. The van der Waals surface area contributed by atoms with E-state index in [9.17, 15) is 9.59 Å². The number of rotatable bonds is 5. The molecule has 0 radical (unpaired) electrons. The van der Waals surface area contributed by atoms with Crippen LogP contribution in [0.2, 0.25) is 5.02 Å². The monoisotopic (exact) mass is 459 g/mol. The van der Waals surface area contributed by atoms with Crippen LogP contribution in [0, 0.1) is 11.8 Å². The number of aromatic nitrogens is 4. The fourth-order valence-corrected chi connectivity index (χ4v) is 5.03. The molecule has 3 amide bonds. The Balaban J connectivity index is 1.70. The van der Waals surface area contributed by atoms with Crippen LogP contribution < -0.4 is 5.32 Å². The molecule has 4 rings (SSSR count). The molecular formula is C22H30ClN7O2. The minimum Gasteiger partial charge on any atom is -0.322 e. The first-order valence-electron chi connectivity index (χ1n) is 11.2. The van der Waals surface area contributed by atoms with Crippen molar-refractivity contribution in [1.29, 1.82) is 0 Å². The molecule has 1 N–H and O–H groups in total. The summed E-state index contributed by atoms with van der Waals surface area (Å²) >= 11 is 6.29. The quantitative estimate of drug-likeness (QED) is 0.738. The average molecular weight is 460 g/mol. The molecule has 3 heterocycles. The van der Waals surface area contributed by atoms with E-state index in [-0.39, 0.29) is 36.5 Å². The summed E-state index contributed by atoms with van der Waals surface area (Å²) in [5.74, 6) is 0.338. The van der Waals surface area contributed by atoms with Crippen molar-refractivity contribution in [2.75, 3.05) is 13.1 Å². The van der Waals surface area contributed by atoms with Crippen LogP contribution in [0.15, 0.2) is 24.5 Å². The Kier molecular flexibility index (Phi) is 6.76. The predicted molar refractivity (Wildman–Crippen MR) is 120 cm³/mol. The number of nitrogens with one attached hydrogen (secondary N) is 1. The molecule has 1 unspecified atom stereocenters. The van der Waals surface area contributed by atoms with Gasteiger partial charge in [-0.05, 0) is 78.8 Å². The smallest absolute Gasteiger partial charge is 0.322 e. The summed E-state index contributed by atoms with van der Waals surface area (Å²) in [6, 6.07) is 4.78. The second-order valence-corrected chi connectivity index (χ2v) is 9.48. The molecular weight excluding hydrogens is 430 g/mol. The molecule has 0 bridgehead atoms. The normalized spacial score (nSPS) is 23.2.